The van der Waals surface area contributed by atoms with Crippen molar-refractivity contribution in [2.45, 2.75) is 12.3 Å². The molecule has 0 unspecified atom stereocenters. The highest BCUT2D eigenvalue weighted by Gasteiger charge is 2.44. The maximum atomic E-state index is 10.7. The van der Waals surface area contributed by atoms with Gasteiger partial charge in [0.25, 0.3) is 0 Å². The Hall–Kier alpha value is -0.730. The Balaban J connectivity index is 2.23. The number of halogens is 2. The zero-order valence-corrected chi connectivity index (χ0v) is 8.72. The summed E-state index contributed by atoms with van der Waals surface area (Å²) >= 11 is 11.7. The third kappa shape index (κ3) is 1.72. The van der Waals surface area contributed by atoms with E-state index >= 15 is 0 Å². The van der Waals surface area contributed by atoms with E-state index in [2.05, 4.69) is 0 Å². The molecule has 1 aromatic rings. The van der Waals surface area contributed by atoms with Crippen LogP contribution in [0.3, 0.4) is 0 Å². The maximum Gasteiger partial charge on any atom is 0.307 e. The Morgan fingerprint density at radius 2 is 2.14 bits per heavy atom. The van der Waals surface area contributed by atoms with E-state index in [0.717, 1.165) is 5.56 Å². The second-order valence-electron chi connectivity index (χ2n) is 3.45. The maximum absolute atomic E-state index is 10.7. The highest BCUT2D eigenvalue weighted by Crippen LogP contribution is 2.49. The number of hydrogen-bond acceptors (Lipinski definition) is 1. The smallest absolute Gasteiger partial charge is 0.307 e. The van der Waals surface area contributed by atoms with Crippen LogP contribution in [0.5, 0.6) is 0 Å². The molecule has 1 aromatic carbocycles. The van der Waals surface area contributed by atoms with Crippen LogP contribution in [0.2, 0.25) is 10.0 Å². The summed E-state index contributed by atoms with van der Waals surface area (Å²) in [5.41, 5.74) is 0.892. The first-order chi connectivity index (χ1) is 6.59. The molecule has 1 fully saturated rings. The zero-order valence-electron chi connectivity index (χ0n) is 7.21. The molecular formula is C10H8Cl2O2. The third-order valence-electron chi connectivity index (χ3n) is 2.47. The molecule has 0 saturated heterocycles. The monoisotopic (exact) mass is 230 g/mol. The van der Waals surface area contributed by atoms with Gasteiger partial charge in [-0.15, -0.1) is 0 Å². The first-order valence-electron chi connectivity index (χ1n) is 4.27. The van der Waals surface area contributed by atoms with Crippen LogP contribution in [-0.2, 0) is 4.79 Å². The minimum Gasteiger partial charge on any atom is -0.481 e. The summed E-state index contributed by atoms with van der Waals surface area (Å²) in [6, 6.07) is 5.19. The summed E-state index contributed by atoms with van der Waals surface area (Å²) in [6.07, 6.45) is 0.677. The van der Waals surface area contributed by atoms with E-state index < -0.39 is 5.97 Å². The lowest BCUT2D eigenvalue weighted by Gasteiger charge is -2.02. The molecule has 0 spiro atoms. The summed E-state index contributed by atoms with van der Waals surface area (Å²) in [6.45, 7) is 0. The van der Waals surface area contributed by atoms with Gasteiger partial charge in [0, 0.05) is 10.0 Å². The largest absolute Gasteiger partial charge is 0.481 e. The molecule has 1 aliphatic carbocycles. The van der Waals surface area contributed by atoms with Gasteiger partial charge in [0.05, 0.1) is 5.92 Å². The normalized spacial score (nSPS) is 24.7. The molecule has 1 aliphatic rings. The van der Waals surface area contributed by atoms with Gasteiger partial charge in [-0.3, -0.25) is 4.79 Å². The lowest BCUT2D eigenvalue weighted by molar-refractivity contribution is -0.138. The summed E-state index contributed by atoms with van der Waals surface area (Å²) in [7, 11) is 0. The summed E-state index contributed by atoms with van der Waals surface area (Å²) in [5, 5.41) is 9.90. The number of carbonyl (C=O) groups is 1. The van der Waals surface area contributed by atoms with Crippen LogP contribution in [0, 0.1) is 5.92 Å². The predicted molar refractivity (Wildman–Crippen MR) is 54.9 cm³/mol. The minimum absolute atomic E-state index is 0.0669. The van der Waals surface area contributed by atoms with Gasteiger partial charge in [-0.1, -0.05) is 29.3 Å². The predicted octanol–water partition coefficient (Wildman–Crippen LogP) is 3.18. The van der Waals surface area contributed by atoms with Gasteiger partial charge in [0.1, 0.15) is 0 Å². The van der Waals surface area contributed by atoms with Crippen molar-refractivity contribution in [1.82, 2.24) is 0 Å². The van der Waals surface area contributed by atoms with Crippen molar-refractivity contribution in [3.63, 3.8) is 0 Å². The number of aliphatic carboxylic acids is 1. The van der Waals surface area contributed by atoms with E-state index in [1.807, 2.05) is 0 Å². The van der Waals surface area contributed by atoms with Gasteiger partial charge < -0.3 is 5.11 Å². The molecule has 0 radical (unpaired) electrons. The highest BCUT2D eigenvalue weighted by molar-refractivity contribution is 6.35. The summed E-state index contributed by atoms with van der Waals surface area (Å²) in [5.74, 6) is -0.952. The fraction of sp³-hybridized carbons (Fsp3) is 0.300. The van der Waals surface area contributed by atoms with Gasteiger partial charge >= 0.3 is 5.97 Å². The average molecular weight is 231 g/mol. The van der Waals surface area contributed by atoms with Crippen molar-refractivity contribution in [3.05, 3.63) is 33.8 Å². The van der Waals surface area contributed by atoms with E-state index in [0.29, 0.717) is 16.5 Å². The Labute approximate surface area is 91.4 Å². The molecule has 14 heavy (non-hydrogen) atoms. The number of benzene rings is 1. The number of carboxylic acid groups (broad SMARTS) is 1. The van der Waals surface area contributed by atoms with Crippen LogP contribution in [0.1, 0.15) is 17.9 Å². The molecule has 4 heteroatoms. The van der Waals surface area contributed by atoms with Crippen LogP contribution in [-0.4, -0.2) is 11.1 Å². The molecule has 1 saturated carbocycles. The van der Waals surface area contributed by atoms with Crippen LogP contribution < -0.4 is 0 Å². The summed E-state index contributed by atoms with van der Waals surface area (Å²) in [4.78, 5) is 10.7. The quantitative estimate of drug-likeness (QED) is 0.848. The fourth-order valence-corrected chi connectivity index (χ4v) is 2.16. The molecular weight excluding hydrogens is 223 g/mol. The van der Waals surface area contributed by atoms with E-state index in [1.165, 1.54) is 0 Å². The first-order valence-corrected chi connectivity index (χ1v) is 5.03. The van der Waals surface area contributed by atoms with Crippen molar-refractivity contribution in [2.75, 3.05) is 0 Å². The van der Waals surface area contributed by atoms with Crippen molar-refractivity contribution >= 4 is 29.2 Å². The number of rotatable bonds is 2. The van der Waals surface area contributed by atoms with Gasteiger partial charge in [0.2, 0.25) is 0 Å². The second kappa shape index (κ2) is 3.44. The lowest BCUT2D eigenvalue weighted by Crippen LogP contribution is -1.99. The van der Waals surface area contributed by atoms with Gasteiger partial charge in [-0.25, -0.2) is 0 Å². The van der Waals surface area contributed by atoms with E-state index in [1.54, 1.807) is 18.2 Å². The molecule has 1 N–H and O–H groups in total. The average Bonchev–Trinajstić information content (AvgIpc) is 2.83. The fourth-order valence-electron chi connectivity index (χ4n) is 1.61. The van der Waals surface area contributed by atoms with Crippen molar-refractivity contribution < 1.29 is 9.90 Å². The van der Waals surface area contributed by atoms with Crippen LogP contribution in [0.25, 0.3) is 0 Å². The number of carboxylic acids is 1. The van der Waals surface area contributed by atoms with E-state index in [9.17, 15) is 4.79 Å². The van der Waals surface area contributed by atoms with E-state index in [4.69, 9.17) is 28.3 Å². The molecule has 74 valence electrons. The molecule has 0 bridgehead atoms. The molecule has 2 rings (SSSR count). The molecule has 0 amide bonds. The Bertz CT molecular complexity index is 390. The Morgan fingerprint density at radius 3 is 2.64 bits per heavy atom. The standard InChI is InChI=1S/C10H8Cl2O2/c11-5-1-2-6(9(12)3-5)7-4-8(7)10(13)14/h1-3,7-8H,4H2,(H,13,14)/t7-,8-/m0/s1. The zero-order chi connectivity index (χ0) is 10.3. The van der Waals surface area contributed by atoms with Gasteiger partial charge in [0.15, 0.2) is 0 Å². The second-order valence-corrected chi connectivity index (χ2v) is 4.30. The van der Waals surface area contributed by atoms with Crippen LogP contribution in [0.4, 0.5) is 0 Å². The number of hydrogen-bond donors (Lipinski definition) is 1. The minimum atomic E-state index is -0.749. The molecule has 2 atom stereocenters. The first kappa shape index (κ1) is 9.81. The topological polar surface area (TPSA) is 37.3 Å². The molecule has 0 aromatic heterocycles. The molecule has 0 aliphatic heterocycles. The van der Waals surface area contributed by atoms with Crippen molar-refractivity contribution in [1.29, 1.82) is 0 Å². The van der Waals surface area contributed by atoms with Crippen molar-refractivity contribution in [2.24, 2.45) is 5.92 Å². The van der Waals surface area contributed by atoms with Gasteiger partial charge in [-0.2, -0.15) is 0 Å². The highest BCUT2D eigenvalue weighted by atomic mass is 35.5. The SMILES string of the molecule is O=C(O)[C@H]1C[C@H]1c1ccc(Cl)cc1Cl. The molecule has 0 heterocycles. The van der Waals surface area contributed by atoms with Gasteiger partial charge in [-0.05, 0) is 30.0 Å². The third-order valence-corrected chi connectivity index (χ3v) is 3.03. The van der Waals surface area contributed by atoms with Crippen LogP contribution >= 0.6 is 23.2 Å². The molecule has 2 nitrogen and oxygen atoms in total. The van der Waals surface area contributed by atoms with Crippen molar-refractivity contribution in [3.8, 4) is 0 Å². The van der Waals surface area contributed by atoms with Crippen LogP contribution in [0.15, 0.2) is 18.2 Å². The Morgan fingerprint density at radius 1 is 1.43 bits per heavy atom. The lowest BCUT2D eigenvalue weighted by atomic mass is 10.1. The van der Waals surface area contributed by atoms with E-state index in [-0.39, 0.29) is 11.8 Å². The summed E-state index contributed by atoms with van der Waals surface area (Å²) < 4.78 is 0. The Kier molecular flexibility index (Phi) is 2.41.